The van der Waals surface area contributed by atoms with Crippen molar-refractivity contribution in [2.45, 2.75) is 38.9 Å². The minimum atomic E-state index is -2.01. The van der Waals surface area contributed by atoms with E-state index in [9.17, 15) is 0 Å². The second kappa shape index (κ2) is 11.7. The number of benzene rings is 3. The van der Waals surface area contributed by atoms with Crippen molar-refractivity contribution in [3.63, 3.8) is 0 Å². The zero-order chi connectivity index (χ0) is 25.4. The molecule has 2 aliphatic carbocycles. The summed E-state index contributed by atoms with van der Waals surface area (Å²) in [5.41, 5.74) is 5.47. The molecule has 0 aromatic heterocycles. The van der Waals surface area contributed by atoms with Crippen LogP contribution >= 0.6 is 18.6 Å². The number of halogens is 2. The normalized spacial score (nSPS) is 22.8. The van der Waals surface area contributed by atoms with Crippen LogP contribution in [0.1, 0.15) is 20.3 Å². The van der Waals surface area contributed by atoms with E-state index in [0.29, 0.717) is 23.3 Å². The van der Waals surface area contributed by atoms with Crippen molar-refractivity contribution in [3.8, 4) is 0 Å². The molecule has 1 unspecified atom stereocenters. The third-order valence-electron chi connectivity index (χ3n) is 8.41. The Morgan fingerprint density at radius 2 is 1.32 bits per heavy atom. The average Bonchev–Trinajstić information content (AvgIpc) is 3.26. The molecule has 1 heterocycles. The van der Waals surface area contributed by atoms with Crippen LogP contribution < -0.4 is 15.0 Å². The van der Waals surface area contributed by atoms with Gasteiger partial charge in [0, 0.05) is 11.4 Å². The van der Waals surface area contributed by atoms with Gasteiger partial charge in [-0.25, -0.2) is 0 Å². The molecule has 2 nitrogen and oxygen atoms in total. The van der Waals surface area contributed by atoms with E-state index in [-0.39, 0.29) is 7.43 Å². The van der Waals surface area contributed by atoms with Crippen molar-refractivity contribution in [2.24, 2.45) is 23.7 Å². The summed E-state index contributed by atoms with van der Waals surface area (Å²) in [6.07, 6.45) is 6.52. The second-order valence-electron chi connectivity index (χ2n) is 11.0. The van der Waals surface area contributed by atoms with Crippen molar-refractivity contribution >= 4 is 61.7 Å². The van der Waals surface area contributed by atoms with Gasteiger partial charge in [0.15, 0.2) is 8.24 Å². The number of hydrogen-bond acceptors (Lipinski definition) is 1. The Labute approximate surface area is 240 Å². The molecule has 0 saturated heterocycles. The molecule has 3 aromatic carbocycles. The monoisotopic (exact) mass is 582 g/mol. The van der Waals surface area contributed by atoms with Gasteiger partial charge in [-0.05, 0) is 58.2 Å². The molecule has 0 bridgehead atoms. The molecular weight excluding hydrogens is 547 g/mol. The average molecular weight is 584 g/mol. The van der Waals surface area contributed by atoms with Crippen LogP contribution in [0.3, 0.4) is 0 Å². The van der Waals surface area contributed by atoms with Crippen molar-refractivity contribution in [1.29, 1.82) is 0 Å². The van der Waals surface area contributed by atoms with Crippen molar-refractivity contribution in [2.75, 3.05) is 4.57 Å². The van der Waals surface area contributed by atoms with Crippen molar-refractivity contribution in [1.82, 2.24) is 0 Å². The Balaban J connectivity index is 0.000000765. The van der Waals surface area contributed by atoms with Crippen LogP contribution in [0.4, 0.5) is 22.7 Å². The molecule has 3 aromatic rings. The van der Waals surface area contributed by atoms with E-state index in [1.54, 1.807) is 0 Å². The fourth-order valence-electron chi connectivity index (χ4n) is 7.04. The molecule has 37 heavy (non-hydrogen) atoms. The Morgan fingerprint density at radius 3 is 1.86 bits per heavy atom. The summed E-state index contributed by atoms with van der Waals surface area (Å²) in [6.45, 7) is 10.1. The fraction of sp³-hybridized carbons (Fsp3) is 0.323. The van der Waals surface area contributed by atoms with E-state index >= 15 is 0 Å². The number of para-hydroxylation sites is 4. The van der Waals surface area contributed by atoms with E-state index in [1.165, 1.54) is 28.2 Å². The van der Waals surface area contributed by atoms with Gasteiger partial charge in [-0.1, -0.05) is 99.8 Å². The number of fused-ring (bicyclic) bond motifs is 4. The van der Waals surface area contributed by atoms with Crippen molar-refractivity contribution in [3.05, 3.63) is 96.0 Å². The molecule has 6 rings (SSSR count). The first-order valence-corrected chi connectivity index (χ1v) is 20.1. The Morgan fingerprint density at radius 1 is 0.838 bits per heavy atom. The molecule has 0 radical (unpaired) electrons. The van der Waals surface area contributed by atoms with Gasteiger partial charge in [0.2, 0.25) is 0 Å². The Hall–Kier alpha value is -1.49. The van der Waals surface area contributed by atoms with E-state index in [0.717, 1.165) is 17.3 Å². The van der Waals surface area contributed by atoms with Crippen LogP contribution in [0.25, 0.3) is 17.5 Å². The molecule has 6 heteroatoms. The number of anilines is 2. The maximum atomic E-state index is 5.03. The zero-order valence-electron chi connectivity index (χ0n) is 22.3. The summed E-state index contributed by atoms with van der Waals surface area (Å²) >= 11 is -0.556. The topological polar surface area (TPSA) is 17.3 Å². The van der Waals surface area contributed by atoms with E-state index in [2.05, 4.69) is 116 Å². The van der Waals surface area contributed by atoms with Crippen LogP contribution in [0.5, 0.6) is 0 Å². The summed E-state index contributed by atoms with van der Waals surface area (Å²) in [6, 6.07) is 26.5. The predicted molar refractivity (Wildman–Crippen MR) is 162 cm³/mol. The molecule has 3 aliphatic rings. The number of rotatable bonds is 3. The predicted octanol–water partition coefficient (Wildman–Crippen LogP) is 9.06. The summed E-state index contributed by atoms with van der Waals surface area (Å²) in [5.74, 6) is 2.65. The first-order chi connectivity index (χ1) is 17.4. The van der Waals surface area contributed by atoms with E-state index < -0.39 is 25.3 Å². The van der Waals surface area contributed by atoms with Crippen LogP contribution in [0.2, 0.25) is 18.6 Å². The summed E-state index contributed by atoms with van der Waals surface area (Å²) < 4.78 is 2.75. The minimum absolute atomic E-state index is 0. The van der Waals surface area contributed by atoms with E-state index in [1.807, 2.05) is 0 Å². The second-order valence-corrected chi connectivity index (χ2v) is 18.0. The van der Waals surface area contributed by atoms with Gasteiger partial charge in [0.1, 0.15) is 0 Å². The molecule has 0 amide bonds. The van der Waals surface area contributed by atoms with Crippen molar-refractivity contribution < 1.29 is 17.0 Å². The van der Waals surface area contributed by atoms with Crippen LogP contribution in [-0.2, 0) is 17.0 Å². The van der Waals surface area contributed by atoms with Gasteiger partial charge >= 0.3 is 35.6 Å². The molecule has 0 N–H and O–H groups in total. The van der Waals surface area contributed by atoms with Gasteiger partial charge in [-0.3, -0.25) is 0 Å². The standard InChI is InChI=1S/C30H33N2Si.CH3.2ClH.Ti/c1-20(2)24-19-23-17-21-11-5-6-12-22(21)18-25(23)30(24)33(3,4)32-28-15-9-7-13-26(28)31-27-14-8-10-16-29(27)32;;;;/h5-18,20,23-25,30H,19H2,1-4H3;1H3;2*1H;/q2*-1;;;+2/p-2/t23-,24-,25-,30?;;;;/m0..../s1. The Kier molecular flexibility index (Phi) is 9.03. The van der Waals surface area contributed by atoms with Crippen LogP contribution in [-0.4, -0.2) is 8.24 Å². The quantitative estimate of drug-likeness (QED) is 0.222. The third kappa shape index (κ3) is 5.23. The van der Waals surface area contributed by atoms with Crippen LogP contribution in [0, 0.1) is 31.1 Å². The molecule has 194 valence electrons. The number of hydrogen-bond donors (Lipinski definition) is 0. The van der Waals surface area contributed by atoms with E-state index in [4.69, 9.17) is 23.9 Å². The molecule has 1 fully saturated rings. The molecule has 1 aliphatic heterocycles. The summed E-state index contributed by atoms with van der Waals surface area (Å²) in [4.78, 5) is 0. The first kappa shape index (κ1) is 28.5. The first-order valence-electron chi connectivity index (χ1n) is 12.8. The van der Waals surface area contributed by atoms with Gasteiger partial charge < -0.3 is 17.3 Å². The molecule has 4 atom stereocenters. The molecule has 0 spiro atoms. The maximum absolute atomic E-state index is 5.03. The summed E-state index contributed by atoms with van der Waals surface area (Å²) in [7, 11) is 7.77. The SMILES string of the molecule is CC(C)[C@@H]1C[C@@H]2C=c3ccccc3=C[C@@H]2C1[Si](C)(C)N1c2ccccc2[N-]c2ccccc21.[CH3-].[Cl][Ti][Cl]. The zero-order valence-corrected chi connectivity index (χ0v) is 26.4. The fourth-order valence-corrected chi connectivity index (χ4v) is 11.8. The van der Waals surface area contributed by atoms with Gasteiger partial charge in [-0.15, -0.1) is 11.4 Å². The third-order valence-corrected chi connectivity index (χ3v) is 12.5. The Bertz CT molecular complexity index is 1310. The van der Waals surface area contributed by atoms with Gasteiger partial charge in [0.25, 0.3) is 0 Å². The molecular formula is C31H36Cl2N2SiTi-2. The number of nitrogens with zero attached hydrogens (tertiary/aromatic N) is 2. The molecule has 1 saturated carbocycles. The van der Waals surface area contributed by atoms with Gasteiger partial charge in [0.05, 0.1) is 0 Å². The summed E-state index contributed by atoms with van der Waals surface area (Å²) in [5, 5.41) is 7.88. The van der Waals surface area contributed by atoms with Gasteiger partial charge in [-0.2, -0.15) is 0 Å². The van der Waals surface area contributed by atoms with Crippen LogP contribution in [0.15, 0.2) is 72.8 Å².